The van der Waals surface area contributed by atoms with Crippen LogP contribution in [-0.2, 0) is 9.36 Å². The van der Waals surface area contributed by atoms with Crippen molar-refractivity contribution < 1.29 is 19.4 Å². The molecule has 0 radical (unpaired) electrons. The molecular formula is C17H33N2O4P. The van der Waals surface area contributed by atoms with Crippen molar-refractivity contribution in [2.45, 2.75) is 62.9 Å². The summed E-state index contributed by atoms with van der Waals surface area (Å²) in [5.74, 6) is -0.384. The predicted octanol–water partition coefficient (Wildman–Crippen LogP) is 2.50. The number of carbonyl (C=O) groups is 1. The summed E-state index contributed by atoms with van der Waals surface area (Å²) in [6, 6.07) is 0. The standard InChI is InChI=1S/C17H33N2O4P/c18-10-5-4-9-17(16(20)21)14-19(12-13-24(17,22)23)11-8-15-6-2-1-3-7-15/h15H,1-14,18H2,(H,20,21)(H,22,23). The molecule has 140 valence electrons. The van der Waals surface area contributed by atoms with Crippen molar-refractivity contribution in [3.05, 3.63) is 0 Å². The first-order valence-corrected chi connectivity index (χ1v) is 11.2. The zero-order chi connectivity index (χ0) is 17.6. The number of carboxylic acid groups (broad SMARTS) is 1. The second-order valence-corrected chi connectivity index (χ2v) is 10.3. The second kappa shape index (κ2) is 8.79. The van der Waals surface area contributed by atoms with E-state index in [9.17, 15) is 19.4 Å². The molecule has 0 aromatic carbocycles. The van der Waals surface area contributed by atoms with Crippen molar-refractivity contribution in [3.8, 4) is 0 Å². The average molecular weight is 360 g/mol. The minimum absolute atomic E-state index is 0.0899. The van der Waals surface area contributed by atoms with Crippen LogP contribution in [0.5, 0.6) is 0 Å². The lowest BCUT2D eigenvalue weighted by Crippen LogP contribution is -2.54. The van der Waals surface area contributed by atoms with Crippen molar-refractivity contribution in [2.24, 2.45) is 11.7 Å². The van der Waals surface area contributed by atoms with E-state index in [0.717, 1.165) is 18.9 Å². The summed E-state index contributed by atoms with van der Waals surface area (Å²) in [5, 5.41) is 8.26. The molecule has 2 fully saturated rings. The number of unbranched alkanes of at least 4 members (excludes halogenated alkanes) is 1. The fraction of sp³-hybridized carbons (Fsp3) is 0.941. The van der Waals surface area contributed by atoms with Gasteiger partial charge in [0.15, 0.2) is 5.16 Å². The monoisotopic (exact) mass is 360 g/mol. The molecule has 4 N–H and O–H groups in total. The highest BCUT2D eigenvalue weighted by Gasteiger charge is 2.56. The lowest BCUT2D eigenvalue weighted by molar-refractivity contribution is -0.141. The fourth-order valence-electron chi connectivity index (χ4n) is 4.22. The molecule has 24 heavy (non-hydrogen) atoms. The molecule has 0 aromatic heterocycles. The van der Waals surface area contributed by atoms with Crippen LogP contribution in [0, 0.1) is 5.92 Å². The molecule has 1 heterocycles. The van der Waals surface area contributed by atoms with Gasteiger partial charge < -0.3 is 20.6 Å². The third-order valence-corrected chi connectivity index (χ3v) is 8.59. The van der Waals surface area contributed by atoms with Gasteiger partial charge in [0, 0.05) is 19.3 Å². The highest BCUT2D eigenvalue weighted by molar-refractivity contribution is 7.61. The van der Waals surface area contributed by atoms with E-state index in [4.69, 9.17) is 5.73 Å². The second-order valence-electron chi connectivity index (χ2n) is 7.58. The van der Waals surface area contributed by atoms with Gasteiger partial charge in [0.1, 0.15) is 0 Å². The third-order valence-electron chi connectivity index (χ3n) is 5.89. The van der Waals surface area contributed by atoms with Gasteiger partial charge in [-0.15, -0.1) is 0 Å². The van der Waals surface area contributed by atoms with Gasteiger partial charge in [-0.3, -0.25) is 9.36 Å². The van der Waals surface area contributed by atoms with E-state index >= 15 is 0 Å². The summed E-state index contributed by atoms with van der Waals surface area (Å²) < 4.78 is 12.7. The lowest BCUT2D eigenvalue weighted by Gasteiger charge is -2.43. The van der Waals surface area contributed by atoms with E-state index in [1.165, 1.54) is 32.1 Å². The number of carboxylic acids is 1. The van der Waals surface area contributed by atoms with Crippen LogP contribution in [0.1, 0.15) is 57.8 Å². The summed E-state index contributed by atoms with van der Waals surface area (Å²) in [5.41, 5.74) is 5.50. The largest absolute Gasteiger partial charge is 0.480 e. The highest BCUT2D eigenvalue weighted by Crippen LogP contribution is 2.59. The quantitative estimate of drug-likeness (QED) is 0.454. The van der Waals surface area contributed by atoms with Gasteiger partial charge in [0.05, 0.1) is 0 Å². The Hall–Kier alpha value is -0.420. The molecule has 2 atom stereocenters. The molecule has 1 saturated heterocycles. The van der Waals surface area contributed by atoms with Crippen LogP contribution in [0.2, 0.25) is 0 Å². The number of rotatable bonds is 8. The number of hydrogen-bond acceptors (Lipinski definition) is 4. The molecule has 2 rings (SSSR count). The van der Waals surface area contributed by atoms with E-state index in [1.807, 2.05) is 0 Å². The van der Waals surface area contributed by atoms with E-state index in [1.54, 1.807) is 0 Å². The van der Waals surface area contributed by atoms with Crippen molar-refractivity contribution in [3.63, 3.8) is 0 Å². The minimum Gasteiger partial charge on any atom is -0.480 e. The Labute approximate surface area is 145 Å². The first kappa shape index (κ1) is 19.9. The molecule has 2 aliphatic rings. The topological polar surface area (TPSA) is 104 Å². The first-order chi connectivity index (χ1) is 11.4. The molecule has 6 nitrogen and oxygen atoms in total. The maximum atomic E-state index is 12.7. The Kier molecular flexibility index (Phi) is 7.29. The Morgan fingerprint density at radius 1 is 1.25 bits per heavy atom. The molecule has 0 bridgehead atoms. The third kappa shape index (κ3) is 4.60. The molecular weight excluding hydrogens is 327 g/mol. The zero-order valence-electron chi connectivity index (χ0n) is 14.7. The number of nitrogens with zero attached hydrogens (tertiary/aromatic N) is 1. The molecule has 1 saturated carbocycles. The van der Waals surface area contributed by atoms with Gasteiger partial charge in [-0.05, 0) is 38.3 Å². The number of aliphatic carboxylic acids is 1. The summed E-state index contributed by atoms with van der Waals surface area (Å²) in [7, 11) is -3.70. The minimum atomic E-state index is -3.70. The fourth-order valence-corrected chi connectivity index (χ4v) is 6.43. The van der Waals surface area contributed by atoms with Gasteiger partial charge in [-0.25, -0.2) is 0 Å². The van der Waals surface area contributed by atoms with Crippen LogP contribution < -0.4 is 5.73 Å². The molecule has 1 aliphatic heterocycles. The summed E-state index contributed by atoms with van der Waals surface area (Å²) >= 11 is 0. The number of hydrogen-bond donors (Lipinski definition) is 3. The molecule has 2 unspecified atom stereocenters. The van der Waals surface area contributed by atoms with Crippen molar-refractivity contribution >= 4 is 13.3 Å². The summed E-state index contributed by atoms with van der Waals surface area (Å²) in [6.45, 7) is 2.06. The van der Waals surface area contributed by atoms with Gasteiger partial charge >= 0.3 is 5.97 Å². The zero-order valence-corrected chi connectivity index (χ0v) is 15.6. The molecule has 0 aromatic rings. The first-order valence-electron chi connectivity index (χ1n) is 9.39. The Bertz CT molecular complexity index is 468. The van der Waals surface area contributed by atoms with Crippen LogP contribution >= 0.6 is 7.37 Å². The molecule has 0 amide bonds. The van der Waals surface area contributed by atoms with Crippen molar-refractivity contribution in [1.82, 2.24) is 4.90 Å². The smallest absolute Gasteiger partial charge is 0.320 e. The van der Waals surface area contributed by atoms with E-state index in [0.29, 0.717) is 25.9 Å². The van der Waals surface area contributed by atoms with Crippen LogP contribution in [0.25, 0.3) is 0 Å². The van der Waals surface area contributed by atoms with Gasteiger partial charge in [-0.2, -0.15) is 0 Å². The van der Waals surface area contributed by atoms with Gasteiger partial charge in [0.25, 0.3) is 0 Å². The SMILES string of the molecule is NCCCCC1(C(=O)O)CN(CCC2CCCCC2)CCP1(=O)O. The van der Waals surface area contributed by atoms with Crippen LogP contribution in [0.3, 0.4) is 0 Å². The van der Waals surface area contributed by atoms with Crippen LogP contribution in [0.4, 0.5) is 0 Å². The van der Waals surface area contributed by atoms with Gasteiger partial charge in [-0.1, -0.05) is 38.5 Å². The van der Waals surface area contributed by atoms with E-state index in [2.05, 4.69) is 4.90 Å². The normalized spacial score (nSPS) is 32.8. The van der Waals surface area contributed by atoms with Gasteiger partial charge in [0.2, 0.25) is 7.37 Å². The number of nitrogens with two attached hydrogens (primary N) is 1. The Balaban J connectivity index is 2.00. The maximum Gasteiger partial charge on any atom is 0.320 e. The Morgan fingerprint density at radius 2 is 1.96 bits per heavy atom. The maximum absolute atomic E-state index is 12.7. The van der Waals surface area contributed by atoms with Crippen LogP contribution in [-0.4, -0.2) is 58.4 Å². The summed E-state index contributed by atoms with van der Waals surface area (Å²) in [4.78, 5) is 24.5. The lowest BCUT2D eigenvalue weighted by atomic mass is 9.87. The average Bonchev–Trinajstić information content (AvgIpc) is 2.56. The molecule has 7 heteroatoms. The Morgan fingerprint density at radius 3 is 2.58 bits per heavy atom. The molecule has 0 spiro atoms. The van der Waals surface area contributed by atoms with E-state index in [-0.39, 0.29) is 19.1 Å². The van der Waals surface area contributed by atoms with Crippen molar-refractivity contribution in [2.75, 3.05) is 32.3 Å². The van der Waals surface area contributed by atoms with Crippen molar-refractivity contribution in [1.29, 1.82) is 0 Å². The molecule has 1 aliphatic carbocycles. The predicted molar refractivity (Wildman–Crippen MR) is 95.6 cm³/mol. The van der Waals surface area contributed by atoms with Crippen LogP contribution in [0.15, 0.2) is 0 Å². The highest BCUT2D eigenvalue weighted by atomic mass is 31.2. The van der Waals surface area contributed by atoms with E-state index < -0.39 is 18.5 Å². The summed E-state index contributed by atoms with van der Waals surface area (Å²) in [6.07, 6.45) is 9.16.